The SMILES string of the molecule is COC(=O)[C@H](Cc1cccc(OCc2ccccc2)c1)NC(=O)C1CC1. The summed E-state index contributed by atoms with van der Waals surface area (Å²) in [6, 6.07) is 16.8. The summed E-state index contributed by atoms with van der Waals surface area (Å²) in [6.45, 7) is 0.475. The smallest absolute Gasteiger partial charge is 0.328 e. The summed E-state index contributed by atoms with van der Waals surface area (Å²) in [4.78, 5) is 24.0. The van der Waals surface area contributed by atoms with Gasteiger partial charge >= 0.3 is 5.97 Å². The third-order valence-electron chi connectivity index (χ3n) is 4.34. The van der Waals surface area contributed by atoms with Crippen molar-refractivity contribution in [3.8, 4) is 5.75 Å². The van der Waals surface area contributed by atoms with E-state index < -0.39 is 12.0 Å². The van der Waals surface area contributed by atoms with Gasteiger partial charge in [0.2, 0.25) is 5.91 Å². The van der Waals surface area contributed by atoms with Crippen molar-refractivity contribution in [3.05, 3.63) is 65.7 Å². The molecule has 2 aromatic rings. The zero-order chi connectivity index (χ0) is 18.4. The van der Waals surface area contributed by atoms with E-state index in [1.807, 2.05) is 54.6 Å². The van der Waals surface area contributed by atoms with Gasteiger partial charge in [0.1, 0.15) is 18.4 Å². The molecular weight excluding hydrogens is 330 g/mol. The Hall–Kier alpha value is -2.82. The van der Waals surface area contributed by atoms with Crippen LogP contribution in [0.1, 0.15) is 24.0 Å². The molecule has 1 saturated carbocycles. The number of hydrogen-bond acceptors (Lipinski definition) is 4. The molecule has 0 aromatic heterocycles. The number of amides is 1. The predicted molar refractivity (Wildman–Crippen MR) is 97.6 cm³/mol. The van der Waals surface area contributed by atoms with Crippen LogP contribution in [0.3, 0.4) is 0 Å². The van der Waals surface area contributed by atoms with Gasteiger partial charge in [0.25, 0.3) is 0 Å². The highest BCUT2D eigenvalue weighted by Gasteiger charge is 2.33. The van der Waals surface area contributed by atoms with Crippen molar-refractivity contribution < 1.29 is 19.1 Å². The molecule has 136 valence electrons. The number of carbonyl (C=O) groups excluding carboxylic acids is 2. The van der Waals surface area contributed by atoms with E-state index in [4.69, 9.17) is 9.47 Å². The molecule has 0 radical (unpaired) electrons. The van der Waals surface area contributed by atoms with Gasteiger partial charge in [-0.05, 0) is 36.1 Å². The second kappa shape index (κ2) is 8.52. The molecule has 0 aliphatic heterocycles. The van der Waals surface area contributed by atoms with Crippen molar-refractivity contribution in [2.45, 2.75) is 31.9 Å². The molecule has 5 heteroatoms. The van der Waals surface area contributed by atoms with Gasteiger partial charge in [-0.3, -0.25) is 4.79 Å². The lowest BCUT2D eigenvalue weighted by Crippen LogP contribution is -2.43. The average molecular weight is 353 g/mol. The van der Waals surface area contributed by atoms with Crippen molar-refractivity contribution >= 4 is 11.9 Å². The van der Waals surface area contributed by atoms with Gasteiger partial charge in [-0.2, -0.15) is 0 Å². The van der Waals surface area contributed by atoms with E-state index >= 15 is 0 Å². The van der Waals surface area contributed by atoms with Crippen LogP contribution in [-0.2, 0) is 27.4 Å². The molecule has 1 aliphatic carbocycles. The summed E-state index contributed by atoms with van der Waals surface area (Å²) in [6.07, 6.45) is 2.15. The van der Waals surface area contributed by atoms with Gasteiger partial charge in [-0.1, -0.05) is 42.5 Å². The van der Waals surface area contributed by atoms with Crippen LogP contribution in [0.5, 0.6) is 5.75 Å². The predicted octanol–water partition coefficient (Wildman–Crippen LogP) is 2.88. The van der Waals surface area contributed by atoms with E-state index in [2.05, 4.69) is 5.32 Å². The molecule has 0 saturated heterocycles. The summed E-state index contributed by atoms with van der Waals surface area (Å²) < 4.78 is 10.7. The van der Waals surface area contributed by atoms with Gasteiger partial charge in [0.05, 0.1) is 7.11 Å². The van der Waals surface area contributed by atoms with Crippen LogP contribution in [0.15, 0.2) is 54.6 Å². The molecule has 2 aromatic carbocycles. The van der Waals surface area contributed by atoms with E-state index in [1.54, 1.807) is 0 Å². The van der Waals surface area contributed by atoms with E-state index in [1.165, 1.54) is 7.11 Å². The van der Waals surface area contributed by atoms with Gasteiger partial charge in [-0.15, -0.1) is 0 Å². The van der Waals surface area contributed by atoms with Crippen LogP contribution >= 0.6 is 0 Å². The van der Waals surface area contributed by atoms with E-state index in [-0.39, 0.29) is 11.8 Å². The third kappa shape index (κ3) is 5.09. The summed E-state index contributed by atoms with van der Waals surface area (Å²) in [7, 11) is 1.33. The first-order valence-corrected chi connectivity index (χ1v) is 8.79. The van der Waals surface area contributed by atoms with Gasteiger partial charge in [0, 0.05) is 12.3 Å². The zero-order valence-corrected chi connectivity index (χ0v) is 14.8. The normalized spacial score (nSPS) is 14.3. The Kier molecular flexibility index (Phi) is 5.89. The quantitative estimate of drug-likeness (QED) is 0.741. The second-order valence-corrected chi connectivity index (χ2v) is 6.48. The Morgan fingerprint density at radius 2 is 1.81 bits per heavy atom. The van der Waals surface area contributed by atoms with Gasteiger partial charge in [0.15, 0.2) is 0 Å². The number of ether oxygens (including phenoxy) is 2. The molecule has 1 atom stereocenters. The van der Waals surface area contributed by atoms with E-state index in [0.29, 0.717) is 13.0 Å². The molecule has 1 aliphatic rings. The monoisotopic (exact) mass is 353 g/mol. The molecule has 5 nitrogen and oxygen atoms in total. The van der Waals surface area contributed by atoms with Crippen molar-refractivity contribution in [1.82, 2.24) is 5.32 Å². The molecule has 1 fully saturated rings. The molecule has 0 spiro atoms. The lowest BCUT2D eigenvalue weighted by Gasteiger charge is -2.17. The van der Waals surface area contributed by atoms with Crippen LogP contribution in [0.25, 0.3) is 0 Å². The highest BCUT2D eigenvalue weighted by Crippen LogP contribution is 2.29. The number of benzene rings is 2. The summed E-state index contributed by atoms with van der Waals surface area (Å²) >= 11 is 0. The van der Waals surface area contributed by atoms with Crippen LogP contribution < -0.4 is 10.1 Å². The first kappa shape index (κ1) is 18.0. The highest BCUT2D eigenvalue weighted by molar-refractivity contribution is 5.87. The highest BCUT2D eigenvalue weighted by atomic mass is 16.5. The number of methoxy groups -OCH3 is 1. The number of rotatable bonds is 8. The van der Waals surface area contributed by atoms with Crippen molar-refractivity contribution in [2.75, 3.05) is 7.11 Å². The molecule has 1 amide bonds. The first-order valence-electron chi connectivity index (χ1n) is 8.79. The minimum Gasteiger partial charge on any atom is -0.489 e. The largest absolute Gasteiger partial charge is 0.489 e. The maximum Gasteiger partial charge on any atom is 0.328 e. The fourth-order valence-corrected chi connectivity index (χ4v) is 2.71. The van der Waals surface area contributed by atoms with Crippen molar-refractivity contribution in [2.24, 2.45) is 5.92 Å². The summed E-state index contributed by atoms with van der Waals surface area (Å²) in [5, 5.41) is 2.80. The summed E-state index contributed by atoms with van der Waals surface area (Å²) in [5.41, 5.74) is 1.99. The molecule has 0 bridgehead atoms. The standard InChI is InChI=1S/C21H23NO4/c1-25-21(24)19(22-20(23)17-10-11-17)13-16-8-5-9-18(12-16)26-14-15-6-3-2-4-7-15/h2-9,12,17,19H,10-11,13-14H2,1H3,(H,22,23)/t19-/m0/s1. The zero-order valence-electron chi connectivity index (χ0n) is 14.8. The van der Waals surface area contributed by atoms with Crippen LogP contribution in [-0.4, -0.2) is 25.0 Å². The lowest BCUT2D eigenvalue weighted by atomic mass is 10.1. The minimum atomic E-state index is -0.683. The Bertz CT molecular complexity index is 756. The summed E-state index contributed by atoms with van der Waals surface area (Å²) in [5.74, 6) is 0.262. The lowest BCUT2D eigenvalue weighted by molar-refractivity contribution is -0.145. The Morgan fingerprint density at radius 3 is 2.50 bits per heavy atom. The maximum atomic E-state index is 12.0. The molecule has 26 heavy (non-hydrogen) atoms. The Balaban J connectivity index is 1.63. The third-order valence-corrected chi connectivity index (χ3v) is 4.34. The molecule has 0 heterocycles. The van der Waals surface area contributed by atoms with Crippen molar-refractivity contribution in [3.63, 3.8) is 0 Å². The fourth-order valence-electron chi connectivity index (χ4n) is 2.71. The van der Waals surface area contributed by atoms with Crippen molar-refractivity contribution in [1.29, 1.82) is 0 Å². The van der Waals surface area contributed by atoms with Gasteiger partial charge < -0.3 is 14.8 Å². The molecule has 1 N–H and O–H groups in total. The molecular formula is C21H23NO4. The van der Waals surface area contributed by atoms with E-state index in [9.17, 15) is 9.59 Å². The molecule has 3 rings (SSSR count). The van der Waals surface area contributed by atoms with Crippen LogP contribution in [0.2, 0.25) is 0 Å². The average Bonchev–Trinajstić information content (AvgIpc) is 3.52. The Morgan fingerprint density at radius 1 is 1.08 bits per heavy atom. The fraction of sp³-hybridized carbons (Fsp3) is 0.333. The Labute approximate surface area is 153 Å². The topological polar surface area (TPSA) is 64.6 Å². The molecule has 0 unspecified atom stereocenters. The minimum absolute atomic E-state index is 0.0442. The number of esters is 1. The van der Waals surface area contributed by atoms with E-state index in [0.717, 1.165) is 29.7 Å². The number of nitrogens with one attached hydrogen (secondary N) is 1. The maximum absolute atomic E-state index is 12.0. The van der Waals surface area contributed by atoms with Crippen LogP contribution in [0.4, 0.5) is 0 Å². The second-order valence-electron chi connectivity index (χ2n) is 6.48. The van der Waals surface area contributed by atoms with Crippen LogP contribution in [0, 0.1) is 5.92 Å². The van der Waals surface area contributed by atoms with Gasteiger partial charge in [-0.25, -0.2) is 4.79 Å². The number of carbonyl (C=O) groups is 2. The first-order chi connectivity index (χ1) is 12.7. The number of hydrogen-bond donors (Lipinski definition) is 1.